The fraction of sp³-hybridized carbons (Fsp3) is 0.462. The van der Waals surface area contributed by atoms with E-state index in [1.807, 2.05) is 18.4 Å². The lowest BCUT2D eigenvalue weighted by atomic mass is 9.99. The molecule has 1 aromatic heterocycles. The number of ether oxygens (including phenoxy) is 1. The Kier molecular flexibility index (Phi) is 6.71. The summed E-state index contributed by atoms with van der Waals surface area (Å²) < 4.78 is 6.10. The van der Waals surface area contributed by atoms with Crippen LogP contribution in [0, 0.1) is 0 Å². The Morgan fingerprint density at radius 2 is 2.42 bits per heavy atom. The number of hydrogen-bond donors (Lipinski definition) is 2. The molecule has 1 aromatic rings. The smallest absolute Gasteiger partial charge is 0.244 e. The predicted molar refractivity (Wildman–Crippen MR) is 81.2 cm³/mol. The molecule has 0 bridgehead atoms. The van der Waals surface area contributed by atoms with Crippen LogP contribution in [0.5, 0.6) is 0 Å². The summed E-state index contributed by atoms with van der Waals surface area (Å²) in [5, 5.41) is 13.8. The molecule has 0 aliphatic heterocycles. The molecule has 4 nitrogen and oxygen atoms in total. The molecule has 0 aliphatic carbocycles. The fourth-order valence-corrected chi connectivity index (χ4v) is 2.80. The van der Waals surface area contributed by atoms with Crippen LogP contribution in [0.2, 0.25) is 0 Å². The zero-order valence-electron chi connectivity index (χ0n) is 11.0. The van der Waals surface area contributed by atoms with Gasteiger partial charge in [0, 0.05) is 19.8 Å². The van der Waals surface area contributed by atoms with Gasteiger partial charge in [0.15, 0.2) is 0 Å². The van der Waals surface area contributed by atoms with Gasteiger partial charge in [-0.3, -0.25) is 4.79 Å². The molecule has 1 heterocycles. The fourth-order valence-electron chi connectivity index (χ4n) is 1.66. The molecule has 0 saturated heterocycles. The van der Waals surface area contributed by atoms with E-state index in [2.05, 4.69) is 21.2 Å². The van der Waals surface area contributed by atoms with Crippen molar-refractivity contribution < 1.29 is 14.6 Å². The van der Waals surface area contributed by atoms with Crippen molar-refractivity contribution in [1.82, 2.24) is 5.32 Å². The quantitative estimate of drug-likeness (QED) is 0.744. The third kappa shape index (κ3) is 5.86. The van der Waals surface area contributed by atoms with Crippen LogP contribution < -0.4 is 5.32 Å². The lowest BCUT2D eigenvalue weighted by Crippen LogP contribution is -2.49. The Balaban J connectivity index is 2.59. The van der Waals surface area contributed by atoms with E-state index < -0.39 is 5.54 Å². The van der Waals surface area contributed by atoms with Gasteiger partial charge < -0.3 is 15.2 Å². The highest BCUT2D eigenvalue weighted by Gasteiger charge is 2.24. The van der Waals surface area contributed by atoms with Crippen molar-refractivity contribution in [3.8, 4) is 0 Å². The molecule has 2 N–H and O–H groups in total. The first kappa shape index (κ1) is 16.4. The molecule has 0 spiro atoms. The van der Waals surface area contributed by atoms with Crippen LogP contribution in [-0.2, 0) is 9.53 Å². The van der Waals surface area contributed by atoms with Gasteiger partial charge in [0.05, 0.1) is 15.9 Å². The average molecular weight is 348 g/mol. The first-order valence-corrected chi connectivity index (χ1v) is 7.50. The number of carbonyl (C=O) groups excluding carboxylic acids is 1. The Morgan fingerprint density at radius 1 is 1.68 bits per heavy atom. The lowest BCUT2D eigenvalue weighted by Gasteiger charge is -2.28. The van der Waals surface area contributed by atoms with E-state index in [1.54, 1.807) is 24.5 Å². The monoisotopic (exact) mass is 347 g/mol. The molecular formula is C13H18BrNO3S. The van der Waals surface area contributed by atoms with E-state index in [4.69, 9.17) is 9.84 Å². The number of carbonyl (C=O) groups is 1. The number of methoxy groups -OCH3 is 1. The molecule has 0 aromatic carbocycles. The van der Waals surface area contributed by atoms with E-state index in [1.165, 1.54) is 6.08 Å². The molecule has 0 saturated carbocycles. The molecule has 1 atom stereocenters. The maximum Gasteiger partial charge on any atom is 0.244 e. The summed E-state index contributed by atoms with van der Waals surface area (Å²) in [7, 11) is 1.57. The zero-order valence-corrected chi connectivity index (χ0v) is 13.4. The highest BCUT2D eigenvalue weighted by Crippen LogP contribution is 2.21. The maximum absolute atomic E-state index is 11.8. The number of thiophene rings is 1. The zero-order chi connectivity index (χ0) is 14.3. The van der Waals surface area contributed by atoms with Crippen molar-refractivity contribution >= 4 is 39.2 Å². The van der Waals surface area contributed by atoms with E-state index in [0.29, 0.717) is 13.0 Å². The second-order valence-corrected chi connectivity index (χ2v) is 6.76. The molecular weight excluding hydrogens is 330 g/mol. The summed E-state index contributed by atoms with van der Waals surface area (Å²) in [6, 6.07) is 1.94. The molecule has 0 radical (unpaired) electrons. The number of nitrogens with one attached hydrogen (secondary N) is 1. The molecule has 0 aliphatic rings. The summed E-state index contributed by atoms with van der Waals surface area (Å²) in [5.74, 6) is -0.199. The summed E-state index contributed by atoms with van der Waals surface area (Å²) in [4.78, 5) is 11.8. The second-order valence-electron chi connectivity index (χ2n) is 4.47. The molecule has 1 amide bonds. The van der Waals surface area contributed by atoms with Crippen molar-refractivity contribution in [2.75, 3.05) is 20.3 Å². The van der Waals surface area contributed by atoms with Crippen LogP contribution in [0.15, 0.2) is 21.3 Å². The molecule has 6 heteroatoms. The van der Waals surface area contributed by atoms with Crippen LogP contribution in [0.25, 0.3) is 6.08 Å². The standard InChI is InChI=1S/C13H18BrNO3S/c1-13(5-6-16,9-18-2)15-12(17)4-3-10-7-11(14)19-8-10/h3-4,7-8,16H,5-6,9H2,1-2H3,(H,15,17)/b4-3+. The Hall–Kier alpha value is -0.690. The van der Waals surface area contributed by atoms with Crippen LogP contribution >= 0.6 is 27.3 Å². The maximum atomic E-state index is 11.8. The molecule has 1 unspecified atom stereocenters. The Morgan fingerprint density at radius 3 is 2.95 bits per heavy atom. The Labute approximate surface area is 125 Å². The summed E-state index contributed by atoms with van der Waals surface area (Å²) in [6.45, 7) is 2.21. The highest BCUT2D eigenvalue weighted by molar-refractivity contribution is 9.11. The van der Waals surface area contributed by atoms with Gasteiger partial charge in [0.1, 0.15) is 0 Å². The van der Waals surface area contributed by atoms with Crippen LogP contribution in [0.1, 0.15) is 18.9 Å². The third-order valence-electron chi connectivity index (χ3n) is 2.57. The summed E-state index contributed by atoms with van der Waals surface area (Å²) in [5.41, 5.74) is 0.419. The third-order valence-corrected chi connectivity index (χ3v) is 4.09. The summed E-state index contributed by atoms with van der Waals surface area (Å²) in [6.07, 6.45) is 3.69. The number of rotatable bonds is 7. The van der Waals surface area contributed by atoms with E-state index >= 15 is 0 Å². The van der Waals surface area contributed by atoms with Gasteiger partial charge in [-0.2, -0.15) is 0 Å². The van der Waals surface area contributed by atoms with Gasteiger partial charge in [-0.15, -0.1) is 11.3 Å². The van der Waals surface area contributed by atoms with Crippen molar-refractivity contribution in [3.05, 3.63) is 26.9 Å². The number of hydrogen-bond acceptors (Lipinski definition) is 4. The SMILES string of the molecule is COCC(C)(CCO)NC(=O)/C=C/c1csc(Br)c1. The van der Waals surface area contributed by atoms with Crippen molar-refractivity contribution in [3.63, 3.8) is 0 Å². The van der Waals surface area contributed by atoms with E-state index in [-0.39, 0.29) is 12.5 Å². The minimum atomic E-state index is -0.555. The molecule has 19 heavy (non-hydrogen) atoms. The van der Waals surface area contributed by atoms with Gasteiger partial charge in [-0.1, -0.05) is 0 Å². The predicted octanol–water partition coefficient (Wildman–Crippen LogP) is 2.43. The molecule has 1 rings (SSSR count). The van der Waals surface area contributed by atoms with Gasteiger partial charge >= 0.3 is 0 Å². The second kappa shape index (κ2) is 7.79. The highest BCUT2D eigenvalue weighted by atomic mass is 79.9. The van der Waals surface area contributed by atoms with Crippen molar-refractivity contribution in [2.45, 2.75) is 18.9 Å². The number of amides is 1. The number of aliphatic hydroxyl groups is 1. The first-order chi connectivity index (χ1) is 8.99. The summed E-state index contributed by atoms with van der Waals surface area (Å²) >= 11 is 4.93. The van der Waals surface area contributed by atoms with Gasteiger partial charge in [0.25, 0.3) is 0 Å². The van der Waals surface area contributed by atoms with Gasteiger partial charge in [0.2, 0.25) is 5.91 Å². The van der Waals surface area contributed by atoms with Crippen LogP contribution in [-0.4, -0.2) is 36.9 Å². The normalized spacial score (nSPS) is 14.5. The van der Waals surface area contributed by atoms with Gasteiger partial charge in [-0.05, 0) is 52.4 Å². The topological polar surface area (TPSA) is 58.6 Å². The number of halogens is 1. The Bertz CT molecular complexity index is 439. The van der Waals surface area contributed by atoms with Crippen molar-refractivity contribution in [2.24, 2.45) is 0 Å². The molecule has 106 valence electrons. The molecule has 0 fully saturated rings. The van der Waals surface area contributed by atoms with Gasteiger partial charge in [-0.25, -0.2) is 0 Å². The minimum Gasteiger partial charge on any atom is -0.396 e. The van der Waals surface area contributed by atoms with Crippen molar-refractivity contribution in [1.29, 1.82) is 0 Å². The van der Waals surface area contributed by atoms with E-state index in [9.17, 15) is 4.79 Å². The average Bonchev–Trinajstić information content (AvgIpc) is 2.73. The van der Waals surface area contributed by atoms with Crippen LogP contribution in [0.3, 0.4) is 0 Å². The lowest BCUT2D eigenvalue weighted by molar-refractivity contribution is -0.119. The minimum absolute atomic E-state index is 0.00132. The largest absolute Gasteiger partial charge is 0.396 e. The first-order valence-electron chi connectivity index (χ1n) is 5.83. The van der Waals surface area contributed by atoms with E-state index in [0.717, 1.165) is 9.35 Å². The number of aliphatic hydroxyl groups excluding tert-OH is 1. The van der Waals surface area contributed by atoms with Crippen LogP contribution in [0.4, 0.5) is 0 Å².